The minimum atomic E-state index is 0.584. The van der Waals surface area contributed by atoms with E-state index < -0.39 is 0 Å². The molecule has 6 heteroatoms. The number of nitrogens with zero attached hydrogens (tertiary/aromatic N) is 5. The van der Waals surface area contributed by atoms with Crippen LogP contribution in [-0.2, 0) is 6.42 Å². The largest absolute Gasteiger partial charge is 0.369 e. The maximum atomic E-state index is 9.65. The Bertz CT molecular complexity index is 833. The Labute approximate surface area is 179 Å². The fourth-order valence-electron chi connectivity index (χ4n) is 4.65. The molecule has 1 aromatic heterocycles. The maximum absolute atomic E-state index is 9.65. The van der Waals surface area contributed by atoms with Crippen LogP contribution in [0.5, 0.6) is 0 Å². The van der Waals surface area contributed by atoms with Crippen molar-refractivity contribution in [1.82, 2.24) is 14.9 Å². The van der Waals surface area contributed by atoms with E-state index >= 15 is 0 Å². The molecule has 0 spiro atoms. The highest BCUT2D eigenvalue weighted by Gasteiger charge is 2.21. The quantitative estimate of drug-likeness (QED) is 0.677. The molecule has 2 aliphatic rings. The molecular formula is C24H32N6. The fourth-order valence-corrected chi connectivity index (χ4v) is 4.65. The van der Waals surface area contributed by atoms with E-state index in [0.717, 1.165) is 44.3 Å². The van der Waals surface area contributed by atoms with E-state index in [0.29, 0.717) is 11.4 Å². The normalized spacial score (nSPS) is 17.8. The highest BCUT2D eigenvalue weighted by molar-refractivity contribution is 5.65. The molecule has 0 amide bonds. The number of nitrogens with one attached hydrogen (secondary N) is 1. The van der Waals surface area contributed by atoms with E-state index in [9.17, 15) is 5.26 Å². The molecule has 0 bridgehead atoms. The first-order valence-electron chi connectivity index (χ1n) is 11.3. The molecule has 3 heterocycles. The summed E-state index contributed by atoms with van der Waals surface area (Å²) in [5, 5.41) is 13.0. The van der Waals surface area contributed by atoms with Crippen molar-refractivity contribution in [1.29, 1.82) is 5.26 Å². The van der Waals surface area contributed by atoms with Gasteiger partial charge in [0, 0.05) is 19.6 Å². The molecule has 30 heavy (non-hydrogen) atoms. The van der Waals surface area contributed by atoms with E-state index in [1.54, 1.807) is 6.33 Å². The van der Waals surface area contributed by atoms with Gasteiger partial charge in [-0.15, -0.1) is 0 Å². The number of aromatic nitrogens is 2. The van der Waals surface area contributed by atoms with Crippen LogP contribution in [-0.4, -0.2) is 54.1 Å². The average molecular weight is 405 g/mol. The summed E-state index contributed by atoms with van der Waals surface area (Å²) in [5.41, 5.74) is 2.05. The van der Waals surface area contributed by atoms with E-state index in [1.807, 2.05) is 0 Å². The zero-order chi connectivity index (χ0) is 20.6. The standard InChI is InChI=1S/C24H32N6/c25-18-22-23(27-19-28-24(22)30-13-4-5-14-30)26-11-6-12-29-15-9-21(10-16-29)17-20-7-2-1-3-8-20/h1-3,7-8,19,21H,4-6,9-17H2,(H,26,27,28). The second-order valence-electron chi connectivity index (χ2n) is 8.48. The molecular weight excluding hydrogens is 372 g/mol. The van der Waals surface area contributed by atoms with Crippen LogP contribution >= 0.6 is 0 Å². The summed E-state index contributed by atoms with van der Waals surface area (Å²) in [7, 11) is 0. The average Bonchev–Trinajstić information content (AvgIpc) is 3.33. The van der Waals surface area contributed by atoms with Gasteiger partial charge in [0.2, 0.25) is 0 Å². The molecule has 4 rings (SSSR count). The first-order valence-corrected chi connectivity index (χ1v) is 11.3. The molecule has 0 radical (unpaired) electrons. The maximum Gasteiger partial charge on any atom is 0.152 e. The number of anilines is 2. The minimum absolute atomic E-state index is 0.584. The van der Waals surface area contributed by atoms with Crippen LogP contribution in [0.3, 0.4) is 0 Å². The molecule has 2 aromatic rings. The van der Waals surface area contributed by atoms with Gasteiger partial charge in [0.25, 0.3) is 0 Å². The summed E-state index contributed by atoms with van der Waals surface area (Å²) < 4.78 is 0. The third-order valence-corrected chi connectivity index (χ3v) is 6.36. The lowest BCUT2D eigenvalue weighted by molar-refractivity contribution is 0.183. The predicted octanol–water partition coefficient (Wildman–Crippen LogP) is 3.71. The van der Waals surface area contributed by atoms with Gasteiger partial charge in [-0.25, -0.2) is 9.97 Å². The zero-order valence-corrected chi connectivity index (χ0v) is 17.8. The molecule has 1 N–H and O–H groups in total. The molecule has 1 aromatic carbocycles. The molecule has 158 valence electrons. The summed E-state index contributed by atoms with van der Waals surface area (Å²) in [4.78, 5) is 13.5. The molecule has 2 saturated heterocycles. The summed E-state index contributed by atoms with van der Waals surface area (Å²) in [6.07, 6.45) is 8.74. The highest BCUT2D eigenvalue weighted by Crippen LogP contribution is 2.26. The van der Waals surface area contributed by atoms with Crippen LogP contribution in [0.1, 0.15) is 43.2 Å². The number of hydrogen-bond acceptors (Lipinski definition) is 6. The molecule has 0 atom stereocenters. The third-order valence-electron chi connectivity index (χ3n) is 6.36. The van der Waals surface area contributed by atoms with Crippen molar-refractivity contribution in [2.45, 2.75) is 38.5 Å². The first kappa shape index (κ1) is 20.6. The molecule has 6 nitrogen and oxygen atoms in total. The predicted molar refractivity (Wildman–Crippen MR) is 121 cm³/mol. The van der Waals surface area contributed by atoms with Crippen LogP contribution in [0.2, 0.25) is 0 Å². The van der Waals surface area contributed by atoms with Crippen molar-refractivity contribution in [2.75, 3.05) is 49.5 Å². The van der Waals surface area contributed by atoms with Crippen molar-refractivity contribution in [2.24, 2.45) is 5.92 Å². The lowest BCUT2D eigenvalue weighted by Gasteiger charge is -2.32. The molecule has 0 saturated carbocycles. The Balaban J connectivity index is 1.20. The Hall–Kier alpha value is -2.65. The van der Waals surface area contributed by atoms with Gasteiger partial charge in [-0.3, -0.25) is 0 Å². The van der Waals surface area contributed by atoms with Crippen LogP contribution in [0.15, 0.2) is 36.7 Å². The van der Waals surface area contributed by atoms with E-state index in [2.05, 4.69) is 61.5 Å². The highest BCUT2D eigenvalue weighted by atomic mass is 15.2. The van der Waals surface area contributed by atoms with E-state index in [1.165, 1.54) is 50.8 Å². The number of piperidine rings is 1. The van der Waals surface area contributed by atoms with Crippen molar-refractivity contribution in [3.63, 3.8) is 0 Å². The monoisotopic (exact) mass is 404 g/mol. The summed E-state index contributed by atoms with van der Waals surface area (Å²) in [6, 6.07) is 13.2. The first-order chi connectivity index (χ1) is 14.8. The molecule has 2 aliphatic heterocycles. The van der Waals surface area contributed by atoms with E-state index in [-0.39, 0.29) is 0 Å². The molecule has 0 unspecified atom stereocenters. The number of benzene rings is 1. The van der Waals surface area contributed by atoms with Crippen LogP contribution in [0.25, 0.3) is 0 Å². The number of rotatable bonds is 8. The van der Waals surface area contributed by atoms with Crippen molar-refractivity contribution >= 4 is 11.6 Å². The second kappa shape index (κ2) is 10.4. The van der Waals surface area contributed by atoms with E-state index in [4.69, 9.17) is 0 Å². The Kier molecular flexibility index (Phi) is 7.15. The van der Waals surface area contributed by atoms with Gasteiger partial charge in [-0.05, 0) is 69.6 Å². The summed E-state index contributed by atoms with van der Waals surface area (Å²) >= 11 is 0. The van der Waals surface area contributed by atoms with Gasteiger partial charge in [0.15, 0.2) is 5.82 Å². The number of hydrogen-bond donors (Lipinski definition) is 1. The number of likely N-dealkylation sites (tertiary alicyclic amines) is 1. The van der Waals surface area contributed by atoms with Crippen molar-refractivity contribution < 1.29 is 0 Å². The van der Waals surface area contributed by atoms with Crippen molar-refractivity contribution in [3.8, 4) is 6.07 Å². The van der Waals surface area contributed by atoms with Crippen LogP contribution < -0.4 is 10.2 Å². The smallest absolute Gasteiger partial charge is 0.152 e. The lowest BCUT2D eigenvalue weighted by atomic mass is 9.90. The Morgan fingerprint density at radius 2 is 1.80 bits per heavy atom. The zero-order valence-electron chi connectivity index (χ0n) is 17.8. The SMILES string of the molecule is N#Cc1c(NCCCN2CCC(Cc3ccccc3)CC2)ncnc1N1CCCC1. The van der Waals surface area contributed by atoms with Crippen LogP contribution in [0, 0.1) is 17.2 Å². The third kappa shape index (κ3) is 5.28. The second-order valence-corrected chi connectivity index (χ2v) is 8.48. The molecule has 0 aliphatic carbocycles. The van der Waals surface area contributed by atoms with Gasteiger partial charge < -0.3 is 15.1 Å². The fraction of sp³-hybridized carbons (Fsp3) is 0.542. The summed E-state index contributed by atoms with van der Waals surface area (Å²) in [6.45, 7) is 6.25. The van der Waals surface area contributed by atoms with Gasteiger partial charge in [-0.2, -0.15) is 5.26 Å². The Morgan fingerprint density at radius 1 is 1.03 bits per heavy atom. The Morgan fingerprint density at radius 3 is 2.53 bits per heavy atom. The van der Waals surface area contributed by atoms with Gasteiger partial charge in [-0.1, -0.05) is 30.3 Å². The lowest BCUT2D eigenvalue weighted by Crippen LogP contribution is -2.35. The molecule has 2 fully saturated rings. The number of nitriles is 1. The topological polar surface area (TPSA) is 68.1 Å². The minimum Gasteiger partial charge on any atom is -0.369 e. The van der Waals surface area contributed by atoms with Gasteiger partial charge in [0.05, 0.1) is 0 Å². The van der Waals surface area contributed by atoms with Crippen molar-refractivity contribution in [3.05, 3.63) is 47.8 Å². The van der Waals surface area contributed by atoms with Gasteiger partial charge in [0.1, 0.15) is 23.8 Å². The van der Waals surface area contributed by atoms with Crippen LogP contribution in [0.4, 0.5) is 11.6 Å². The van der Waals surface area contributed by atoms with Gasteiger partial charge >= 0.3 is 0 Å². The summed E-state index contributed by atoms with van der Waals surface area (Å²) in [5.74, 6) is 2.27.